The molecule has 204 valence electrons. The summed E-state index contributed by atoms with van der Waals surface area (Å²) < 4.78 is 29.8. The van der Waals surface area contributed by atoms with Crippen LogP contribution in [0.4, 0.5) is 0 Å². The van der Waals surface area contributed by atoms with Gasteiger partial charge < -0.3 is 23.7 Å². The number of hydrogen-bond acceptors (Lipinski definition) is 8. The number of likely N-dealkylation sites (tertiary alicyclic amines) is 2. The van der Waals surface area contributed by atoms with Gasteiger partial charge in [-0.05, 0) is 81.5 Å². The predicted octanol–water partition coefficient (Wildman–Crippen LogP) is 5.23. The molecule has 0 atom stereocenters. The number of methoxy groups -OCH3 is 1. The molecule has 0 radical (unpaired) electrons. The number of pyridine rings is 1. The van der Waals surface area contributed by atoms with Gasteiger partial charge in [0, 0.05) is 34.6 Å². The molecule has 0 bridgehead atoms. The largest absolute Gasteiger partial charge is 0.493 e. The lowest BCUT2D eigenvalue weighted by molar-refractivity contribution is 0.174. The number of fused-ring (bicyclic) bond motifs is 6. The minimum absolute atomic E-state index is 0.239. The number of nitrogens with zero attached hydrogens (tertiary/aromatic N) is 3. The lowest BCUT2D eigenvalue weighted by atomic mass is 10.0. The van der Waals surface area contributed by atoms with Gasteiger partial charge in [-0.15, -0.1) is 0 Å². The van der Waals surface area contributed by atoms with E-state index in [4.69, 9.17) is 28.7 Å². The molecule has 0 saturated carbocycles. The zero-order chi connectivity index (χ0) is 26.2. The minimum atomic E-state index is 0.239. The van der Waals surface area contributed by atoms with Gasteiger partial charge in [0.05, 0.1) is 12.6 Å². The Bertz CT molecular complexity index is 1510. The van der Waals surface area contributed by atoms with Gasteiger partial charge in [0.1, 0.15) is 13.2 Å². The first-order chi connectivity index (χ1) is 19.3. The van der Waals surface area contributed by atoms with E-state index in [0.29, 0.717) is 24.8 Å². The first-order valence-corrected chi connectivity index (χ1v) is 14.1. The SMILES string of the molecule is COc1cc2c(OCCN3CCCC3)nc3c4cc5c(cc4ccc3c2cc1OCCN1CCCC1)OCO5. The van der Waals surface area contributed by atoms with E-state index in [2.05, 4.69) is 28.0 Å². The molecule has 4 aromatic rings. The molecule has 3 aliphatic rings. The third-order valence-electron chi connectivity index (χ3n) is 8.23. The Morgan fingerprint density at radius 2 is 1.38 bits per heavy atom. The summed E-state index contributed by atoms with van der Waals surface area (Å²) in [6, 6.07) is 12.4. The minimum Gasteiger partial charge on any atom is -0.493 e. The van der Waals surface area contributed by atoms with Crippen LogP contribution in [0.2, 0.25) is 0 Å². The van der Waals surface area contributed by atoms with Crippen molar-refractivity contribution in [3.05, 3.63) is 36.4 Å². The average molecular weight is 530 g/mol. The molecule has 2 saturated heterocycles. The Hall–Kier alpha value is -3.49. The molecule has 3 aliphatic heterocycles. The second kappa shape index (κ2) is 10.6. The summed E-state index contributed by atoms with van der Waals surface area (Å²) in [4.78, 5) is 10.0. The second-order valence-electron chi connectivity index (χ2n) is 10.6. The van der Waals surface area contributed by atoms with Crippen molar-refractivity contribution in [2.24, 2.45) is 0 Å². The Morgan fingerprint density at radius 3 is 2.10 bits per heavy atom. The van der Waals surface area contributed by atoms with Crippen LogP contribution in [-0.2, 0) is 0 Å². The Morgan fingerprint density at radius 1 is 0.718 bits per heavy atom. The summed E-state index contributed by atoms with van der Waals surface area (Å²) in [6.07, 6.45) is 5.06. The molecule has 8 nitrogen and oxygen atoms in total. The van der Waals surface area contributed by atoms with E-state index >= 15 is 0 Å². The number of hydrogen-bond donors (Lipinski definition) is 0. The summed E-state index contributed by atoms with van der Waals surface area (Å²) in [7, 11) is 1.69. The summed E-state index contributed by atoms with van der Waals surface area (Å²) in [5, 5.41) is 5.06. The molecular formula is C31H35N3O5. The molecule has 2 fully saturated rings. The highest BCUT2D eigenvalue weighted by atomic mass is 16.7. The summed E-state index contributed by atoms with van der Waals surface area (Å²) >= 11 is 0. The molecule has 0 spiro atoms. The molecule has 0 amide bonds. The van der Waals surface area contributed by atoms with Crippen molar-refractivity contribution in [3.63, 3.8) is 0 Å². The quantitative estimate of drug-likeness (QED) is 0.273. The van der Waals surface area contributed by atoms with Crippen LogP contribution in [-0.4, -0.2) is 81.2 Å². The lowest BCUT2D eigenvalue weighted by Gasteiger charge is -2.19. The molecule has 8 heteroatoms. The highest BCUT2D eigenvalue weighted by Gasteiger charge is 2.21. The molecule has 0 unspecified atom stereocenters. The van der Waals surface area contributed by atoms with Crippen LogP contribution in [0.3, 0.4) is 0 Å². The van der Waals surface area contributed by atoms with Crippen molar-refractivity contribution in [2.75, 3.05) is 66.4 Å². The van der Waals surface area contributed by atoms with Crippen molar-refractivity contribution < 1.29 is 23.7 Å². The van der Waals surface area contributed by atoms with Crippen molar-refractivity contribution in [2.45, 2.75) is 25.7 Å². The molecule has 3 aromatic carbocycles. The lowest BCUT2D eigenvalue weighted by Crippen LogP contribution is -2.25. The van der Waals surface area contributed by atoms with E-state index in [1.54, 1.807) is 7.11 Å². The summed E-state index contributed by atoms with van der Waals surface area (Å²) in [5.74, 6) is 3.56. The number of benzene rings is 3. The van der Waals surface area contributed by atoms with Gasteiger partial charge in [-0.1, -0.05) is 12.1 Å². The fraction of sp³-hybridized carbons (Fsp3) is 0.452. The van der Waals surface area contributed by atoms with Crippen molar-refractivity contribution in [3.8, 4) is 28.9 Å². The number of aromatic nitrogens is 1. The highest BCUT2D eigenvalue weighted by molar-refractivity contribution is 6.17. The maximum Gasteiger partial charge on any atom is 0.231 e. The van der Waals surface area contributed by atoms with Gasteiger partial charge in [-0.3, -0.25) is 9.80 Å². The molecule has 0 N–H and O–H groups in total. The Balaban J connectivity index is 1.31. The summed E-state index contributed by atoms with van der Waals surface area (Å²) in [6.45, 7) is 7.83. The fourth-order valence-corrected chi connectivity index (χ4v) is 6.11. The molecule has 0 aliphatic carbocycles. The molecule has 7 rings (SSSR count). The van der Waals surface area contributed by atoms with E-state index in [1.807, 2.05) is 18.2 Å². The smallest absolute Gasteiger partial charge is 0.231 e. The van der Waals surface area contributed by atoms with Crippen LogP contribution < -0.4 is 23.7 Å². The van der Waals surface area contributed by atoms with Gasteiger partial charge in [0.2, 0.25) is 12.7 Å². The van der Waals surface area contributed by atoms with Gasteiger partial charge >= 0.3 is 0 Å². The second-order valence-corrected chi connectivity index (χ2v) is 10.6. The third-order valence-corrected chi connectivity index (χ3v) is 8.23. The average Bonchev–Trinajstić information content (AvgIpc) is 3.75. The third kappa shape index (κ3) is 4.76. The number of ether oxygens (including phenoxy) is 5. The van der Waals surface area contributed by atoms with Crippen LogP contribution in [0.5, 0.6) is 28.9 Å². The first kappa shape index (κ1) is 24.5. The van der Waals surface area contributed by atoms with E-state index in [9.17, 15) is 0 Å². The van der Waals surface area contributed by atoms with Crippen molar-refractivity contribution >= 4 is 32.4 Å². The van der Waals surface area contributed by atoms with Crippen LogP contribution in [0, 0.1) is 0 Å². The normalized spacial score (nSPS) is 17.6. The maximum absolute atomic E-state index is 6.41. The zero-order valence-electron chi connectivity index (χ0n) is 22.5. The molecule has 39 heavy (non-hydrogen) atoms. The van der Waals surface area contributed by atoms with Crippen LogP contribution >= 0.6 is 0 Å². The van der Waals surface area contributed by atoms with Crippen LogP contribution in [0.1, 0.15) is 25.7 Å². The number of rotatable bonds is 9. The fourth-order valence-electron chi connectivity index (χ4n) is 6.11. The monoisotopic (exact) mass is 529 g/mol. The zero-order valence-corrected chi connectivity index (χ0v) is 22.5. The van der Waals surface area contributed by atoms with Crippen LogP contribution in [0.15, 0.2) is 36.4 Å². The molecule has 1 aromatic heterocycles. The van der Waals surface area contributed by atoms with Crippen molar-refractivity contribution in [1.29, 1.82) is 0 Å². The Kier molecular flexibility index (Phi) is 6.66. The Labute approximate surface area is 228 Å². The van der Waals surface area contributed by atoms with Crippen LogP contribution in [0.25, 0.3) is 32.4 Å². The first-order valence-electron chi connectivity index (χ1n) is 14.1. The van der Waals surface area contributed by atoms with E-state index < -0.39 is 0 Å². The molecular weight excluding hydrogens is 494 g/mol. The van der Waals surface area contributed by atoms with Gasteiger partial charge in [-0.2, -0.15) is 0 Å². The highest BCUT2D eigenvalue weighted by Crippen LogP contribution is 2.43. The van der Waals surface area contributed by atoms with E-state index in [0.717, 1.165) is 89.0 Å². The van der Waals surface area contributed by atoms with Gasteiger partial charge in [0.15, 0.2) is 23.0 Å². The predicted molar refractivity (Wildman–Crippen MR) is 152 cm³/mol. The summed E-state index contributed by atoms with van der Waals surface area (Å²) in [5.41, 5.74) is 0.877. The van der Waals surface area contributed by atoms with Gasteiger partial charge in [-0.25, -0.2) is 4.98 Å². The van der Waals surface area contributed by atoms with E-state index in [-0.39, 0.29) is 6.79 Å². The van der Waals surface area contributed by atoms with Crippen molar-refractivity contribution in [1.82, 2.24) is 14.8 Å². The standard InChI is InChI=1S/C31H35N3O5/c1-35-26-19-25-24(18-28(26)36-14-12-33-8-2-3-9-33)22-7-6-21-16-27-29(39-20-38-27)17-23(21)30(22)32-31(25)37-15-13-34-10-4-5-11-34/h6-7,16-19H,2-5,8-15,20H2,1H3. The topological polar surface area (TPSA) is 65.5 Å². The van der Waals surface area contributed by atoms with E-state index in [1.165, 1.54) is 25.7 Å². The molecule has 4 heterocycles. The maximum atomic E-state index is 6.41. The van der Waals surface area contributed by atoms with Gasteiger partial charge in [0.25, 0.3) is 0 Å².